The first kappa shape index (κ1) is 12.7. The molecule has 0 spiro atoms. The molecule has 0 radical (unpaired) electrons. The number of Topliss-reactive ketones (excluding diaryl/α,β-unsaturated/α-hetero) is 1. The molecule has 0 aromatic carbocycles. The minimum Gasteiger partial charge on any atom is -0.300 e. The molecule has 0 aliphatic carbocycles. The maximum Gasteiger partial charge on any atom is 0.389 e. The highest BCUT2D eigenvalue weighted by Crippen LogP contribution is 2.21. The Hall–Kier alpha value is -1.33. The Bertz CT molecular complexity index is 357. The van der Waals surface area contributed by atoms with E-state index in [1.165, 1.54) is 0 Å². The molecule has 0 atom stereocenters. The predicted octanol–water partition coefficient (Wildman–Crippen LogP) is 2.26. The van der Waals surface area contributed by atoms with Crippen LogP contribution < -0.4 is 0 Å². The van der Waals surface area contributed by atoms with Gasteiger partial charge in [-0.1, -0.05) is 0 Å². The first-order valence-corrected chi connectivity index (χ1v) is 4.93. The van der Waals surface area contributed by atoms with Crippen LogP contribution >= 0.6 is 0 Å². The zero-order valence-corrected chi connectivity index (χ0v) is 8.92. The van der Waals surface area contributed by atoms with Crippen LogP contribution in [0.4, 0.5) is 13.2 Å². The third kappa shape index (κ3) is 4.95. The molecule has 16 heavy (non-hydrogen) atoms. The monoisotopic (exact) mass is 234 g/mol. The number of aromatic nitrogens is 2. The number of ketones is 1. The van der Waals surface area contributed by atoms with Gasteiger partial charge in [-0.2, -0.15) is 18.3 Å². The van der Waals surface area contributed by atoms with Crippen LogP contribution in [0.15, 0.2) is 12.4 Å². The van der Waals surface area contributed by atoms with E-state index in [9.17, 15) is 18.0 Å². The molecule has 0 bridgehead atoms. The summed E-state index contributed by atoms with van der Waals surface area (Å²) in [7, 11) is 1.75. The number of hydrogen-bond acceptors (Lipinski definition) is 2. The topological polar surface area (TPSA) is 34.9 Å². The average molecular weight is 234 g/mol. The van der Waals surface area contributed by atoms with Gasteiger partial charge in [0.2, 0.25) is 0 Å². The van der Waals surface area contributed by atoms with Crippen LogP contribution in [0.5, 0.6) is 0 Å². The number of aryl methyl sites for hydroxylation is 2. The Morgan fingerprint density at radius 2 is 2.12 bits per heavy atom. The Labute approximate surface area is 91.3 Å². The molecule has 0 unspecified atom stereocenters. The molecule has 0 saturated carbocycles. The summed E-state index contributed by atoms with van der Waals surface area (Å²) in [5.41, 5.74) is 0.864. The summed E-state index contributed by atoms with van der Waals surface area (Å²) < 4.78 is 37.0. The highest BCUT2D eigenvalue weighted by atomic mass is 19.4. The minimum atomic E-state index is -4.25. The fourth-order valence-electron chi connectivity index (χ4n) is 1.29. The van der Waals surface area contributed by atoms with Gasteiger partial charge < -0.3 is 0 Å². The Kier molecular flexibility index (Phi) is 4.09. The van der Waals surface area contributed by atoms with Gasteiger partial charge >= 0.3 is 6.18 Å². The number of halogens is 3. The van der Waals surface area contributed by atoms with E-state index in [1.807, 2.05) is 0 Å². The van der Waals surface area contributed by atoms with Crippen molar-refractivity contribution in [3.8, 4) is 0 Å². The number of alkyl halides is 3. The first-order chi connectivity index (χ1) is 7.37. The average Bonchev–Trinajstić information content (AvgIpc) is 2.57. The number of nitrogens with zero attached hydrogens (tertiary/aromatic N) is 2. The lowest BCUT2D eigenvalue weighted by molar-refractivity contribution is -0.143. The van der Waals surface area contributed by atoms with Crippen LogP contribution in [0.3, 0.4) is 0 Å². The molecule has 90 valence electrons. The van der Waals surface area contributed by atoms with E-state index < -0.39 is 19.0 Å². The fourth-order valence-corrected chi connectivity index (χ4v) is 1.29. The summed E-state index contributed by atoms with van der Waals surface area (Å²) in [6.45, 7) is 0. The van der Waals surface area contributed by atoms with Crippen molar-refractivity contribution in [1.29, 1.82) is 0 Å². The Balaban J connectivity index is 2.25. The van der Waals surface area contributed by atoms with Gasteiger partial charge in [0.05, 0.1) is 12.6 Å². The van der Waals surface area contributed by atoms with E-state index in [2.05, 4.69) is 5.10 Å². The zero-order chi connectivity index (χ0) is 12.2. The number of rotatable bonds is 5. The number of carbonyl (C=O) groups is 1. The lowest BCUT2D eigenvalue weighted by Gasteiger charge is -2.04. The van der Waals surface area contributed by atoms with Gasteiger partial charge in [-0.25, -0.2) is 0 Å². The molecule has 0 aliphatic rings. The third-order valence-corrected chi connectivity index (χ3v) is 2.14. The maximum atomic E-state index is 11.8. The summed E-state index contributed by atoms with van der Waals surface area (Å²) >= 11 is 0. The highest BCUT2D eigenvalue weighted by molar-refractivity contribution is 5.78. The van der Waals surface area contributed by atoms with Crippen molar-refractivity contribution in [3.05, 3.63) is 18.0 Å². The molecule has 1 heterocycles. The summed E-state index contributed by atoms with van der Waals surface area (Å²) in [5.74, 6) is -0.360. The van der Waals surface area contributed by atoms with Gasteiger partial charge in [0, 0.05) is 26.1 Å². The SMILES string of the molecule is Cn1cc(CCC(=O)CCC(F)(F)F)cn1. The lowest BCUT2D eigenvalue weighted by atomic mass is 10.1. The van der Waals surface area contributed by atoms with Crippen molar-refractivity contribution < 1.29 is 18.0 Å². The zero-order valence-electron chi connectivity index (χ0n) is 8.92. The second kappa shape index (κ2) is 5.14. The van der Waals surface area contributed by atoms with Crippen LogP contribution in [-0.2, 0) is 18.3 Å². The van der Waals surface area contributed by atoms with Crippen LogP contribution in [0.2, 0.25) is 0 Å². The Morgan fingerprint density at radius 1 is 1.44 bits per heavy atom. The van der Waals surface area contributed by atoms with E-state index in [1.54, 1.807) is 24.1 Å². The number of hydrogen-bond donors (Lipinski definition) is 0. The van der Waals surface area contributed by atoms with Crippen LogP contribution in [0.25, 0.3) is 0 Å². The van der Waals surface area contributed by atoms with Gasteiger partial charge in [0.15, 0.2) is 0 Å². The molecule has 1 aromatic heterocycles. The van der Waals surface area contributed by atoms with Crippen molar-refractivity contribution in [1.82, 2.24) is 9.78 Å². The number of carbonyl (C=O) groups excluding carboxylic acids is 1. The molecule has 0 saturated heterocycles. The van der Waals surface area contributed by atoms with E-state index in [0.29, 0.717) is 6.42 Å². The standard InChI is InChI=1S/C10H13F3N2O/c1-15-7-8(6-14-15)2-3-9(16)4-5-10(11,12)13/h6-7H,2-5H2,1H3. The van der Waals surface area contributed by atoms with Crippen molar-refractivity contribution in [2.24, 2.45) is 7.05 Å². The minimum absolute atomic E-state index is 0.141. The molecule has 1 rings (SSSR count). The molecule has 0 N–H and O–H groups in total. The van der Waals surface area contributed by atoms with Crippen molar-refractivity contribution in [2.75, 3.05) is 0 Å². The molecule has 6 heteroatoms. The van der Waals surface area contributed by atoms with Crippen LogP contribution in [0, 0.1) is 0 Å². The van der Waals surface area contributed by atoms with Gasteiger partial charge in [-0.05, 0) is 12.0 Å². The molecule has 0 aliphatic heterocycles. The summed E-state index contributed by atoms with van der Waals surface area (Å²) in [6.07, 6.45) is -1.76. The van der Waals surface area contributed by atoms with Gasteiger partial charge in [0.25, 0.3) is 0 Å². The smallest absolute Gasteiger partial charge is 0.300 e. The quantitative estimate of drug-likeness (QED) is 0.783. The second-order valence-electron chi connectivity index (χ2n) is 3.68. The molecule has 0 fully saturated rings. The molecular formula is C10H13F3N2O. The molecule has 1 aromatic rings. The van der Waals surface area contributed by atoms with E-state index >= 15 is 0 Å². The van der Waals surface area contributed by atoms with Gasteiger partial charge in [-0.15, -0.1) is 0 Å². The molecule has 0 amide bonds. The largest absolute Gasteiger partial charge is 0.389 e. The van der Waals surface area contributed by atoms with E-state index in [0.717, 1.165) is 5.56 Å². The van der Waals surface area contributed by atoms with E-state index in [-0.39, 0.29) is 12.2 Å². The third-order valence-electron chi connectivity index (χ3n) is 2.14. The lowest BCUT2D eigenvalue weighted by Crippen LogP contribution is -2.11. The molecule has 3 nitrogen and oxygen atoms in total. The van der Waals surface area contributed by atoms with Crippen molar-refractivity contribution in [3.63, 3.8) is 0 Å². The van der Waals surface area contributed by atoms with Crippen LogP contribution in [-0.4, -0.2) is 21.7 Å². The summed E-state index contributed by atoms with van der Waals surface area (Å²) in [6, 6.07) is 0. The van der Waals surface area contributed by atoms with Gasteiger partial charge in [0.1, 0.15) is 5.78 Å². The maximum absolute atomic E-state index is 11.8. The second-order valence-corrected chi connectivity index (χ2v) is 3.68. The highest BCUT2D eigenvalue weighted by Gasteiger charge is 2.27. The van der Waals surface area contributed by atoms with Crippen molar-refractivity contribution >= 4 is 5.78 Å². The predicted molar refractivity (Wildman–Crippen MR) is 51.8 cm³/mol. The van der Waals surface area contributed by atoms with Crippen LogP contribution in [0.1, 0.15) is 24.8 Å². The van der Waals surface area contributed by atoms with Gasteiger partial charge in [-0.3, -0.25) is 9.48 Å². The van der Waals surface area contributed by atoms with E-state index in [4.69, 9.17) is 0 Å². The fraction of sp³-hybridized carbons (Fsp3) is 0.600. The molecular weight excluding hydrogens is 221 g/mol. The Morgan fingerprint density at radius 3 is 2.62 bits per heavy atom. The summed E-state index contributed by atoms with van der Waals surface area (Å²) in [4.78, 5) is 11.1. The van der Waals surface area contributed by atoms with Crippen molar-refractivity contribution in [2.45, 2.75) is 31.9 Å². The normalized spacial score (nSPS) is 11.8. The first-order valence-electron chi connectivity index (χ1n) is 4.93. The summed E-state index contributed by atoms with van der Waals surface area (Å²) in [5, 5.41) is 3.91.